The quantitative estimate of drug-likeness (QED) is 0.462. The van der Waals surface area contributed by atoms with Crippen LogP contribution in [0.4, 0.5) is 0 Å². The van der Waals surface area contributed by atoms with E-state index in [1.165, 1.54) is 19.3 Å². The van der Waals surface area contributed by atoms with Gasteiger partial charge in [-0.3, -0.25) is 4.79 Å². The molecule has 0 amide bonds. The Labute approximate surface area is 71.2 Å². The van der Waals surface area contributed by atoms with E-state index in [2.05, 4.69) is 9.47 Å². The van der Waals surface area contributed by atoms with Crippen LogP contribution in [0.15, 0.2) is 12.2 Å². The minimum Gasteiger partial charge on any atom is -0.466 e. The number of ether oxygens (including phenoxy) is 2. The average Bonchev–Trinajstić information content (AvgIpc) is 2.11. The molecule has 0 aromatic heterocycles. The van der Waals surface area contributed by atoms with Gasteiger partial charge < -0.3 is 9.47 Å². The average molecular weight is 172 g/mol. The number of rotatable bonds is 4. The fourth-order valence-electron chi connectivity index (χ4n) is 0.455. The lowest BCUT2D eigenvalue weighted by atomic mass is 10.5. The Morgan fingerprint density at radius 1 is 1.42 bits per heavy atom. The number of hydrogen-bond donors (Lipinski definition) is 0. The van der Waals surface area contributed by atoms with Gasteiger partial charge in [0.25, 0.3) is 0 Å². The largest absolute Gasteiger partial charge is 0.466 e. The molecule has 0 bridgehead atoms. The summed E-state index contributed by atoms with van der Waals surface area (Å²) in [6.07, 6.45) is 2.98. The molecular weight excluding hydrogens is 160 g/mol. The van der Waals surface area contributed by atoms with Crippen LogP contribution in [-0.4, -0.2) is 25.7 Å². The van der Waals surface area contributed by atoms with Gasteiger partial charge in [-0.05, 0) is 6.08 Å². The third-order valence-corrected chi connectivity index (χ3v) is 1.08. The summed E-state index contributed by atoms with van der Waals surface area (Å²) in [5.41, 5.74) is 0. The fraction of sp³-hybridized carbons (Fsp3) is 0.500. The first-order valence-electron chi connectivity index (χ1n) is 3.60. The normalized spacial score (nSPS) is 9.83. The van der Waals surface area contributed by atoms with Gasteiger partial charge in [0.1, 0.15) is 6.61 Å². The van der Waals surface area contributed by atoms with Crippen molar-refractivity contribution >= 4 is 11.9 Å². The van der Waals surface area contributed by atoms with Crippen molar-refractivity contribution in [2.45, 2.75) is 13.3 Å². The number of esters is 2. The van der Waals surface area contributed by atoms with E-state index in [4.69, 9.17) is 0 Å². The van der Waals surface area contributed by atoms with Gasteiger partial charge in [-0.2, -0.15) is 0 Å². The van der Waals surface area contributed by atoms with E-state index < -0.39 is 5.97 Å². The van der Waals surface area contributed by atoms with Crippen molar-refractivity contribution in [1.29, 1.82) is 0 Å². The van der Waals surface area contributed by atoms with Crippen LogP contribution in [0.3, 0.4) is 0 Å². The van der Waals surface area contributed by atoms with Crippen LogP contribution in [0, 0.1) is 0 Å². The van der Waals surface area contributed by atoms with Gasteiger partial charge in [-0.15, -0.1) is 0 Å². The maximum absolute atomic E-state index is 10.6. The van der Waals surface area contributed by atoms with Gasteiger partial charge >= 0.3 is 11.9 Å². The van der Waals surface area contributed by atoms with Crippen LogP contribution in [0.5, 0.6) is 0 Å². The highest BCUT2D eigenvalue weighted by Crippen LogP contribution is 1.85. The van der Waals surface area contributed by atoms with Crippen molar-refractivity contribution in [3.8, 4) is 0 Å². The smallest absolute Gasteiger partial charge is 0.330 e. The van der Waals surface area contributed by atoms with Gasteiger partial charge in [0.15, 0.2) is 0 Å². The first-order valence-corrected chi connectivity index (χ1v) is 3.60. The molecule has 0 radical (unpaired) electrons. The Morgan fingerprint density at radius 3 is 2.58 bits per heavy atom. The van der Waals surface area contributed by atoms with Crippen molar-refractivity contribution in [2.75, 3.05) is 13.7 Å². The molecule has 4 nitrogen and oxygen atoms in total. The van der Waals surface area contributed by atoms with Gasteiger partial charge in [-0.1, -0.05) is 6.92 Å². The van der Waals surface area contributed by atoms with Crippen molar-refractivity contribution in [3.05, 3.63) is 12.2 Å². The highest BCUT2D eigenvalue weighted by atomic mass is 16.5. The van der Waals surface area contributed by atoms with Crippen molar-refractivity contribution in [2.24, 2.45) is 0 Å². The highest BCUT2D eigenvalue weighted by molar-refractivity contribution is 5.81. The van der Waals surface area contributed by atoms with Gasteiger partial charge in [-0.25, -0.2) is 4.79 Å². The monoisotopic (exact) mass is 172 g/mol. The minimum absolute atomic E-state index is 0.113. The molecule has 0 rings (SSSR count). The molecule has 4 heteroatoms. The van der Waals surface area contributed by atoms with Gasteiger partial charge in [0, 0.05) is 12.5 Å². The summed E-state index contributed by atoms with van der Waals surface area (Å²) in [7, 11) is 1.28. The van der Waals surface area contributed by atoms with Crippen molar-refractivity contribution in [1.82, 2.24) is 0 Å². The lowest BCUT2D eigenvalue weighted by Gasteiger charge is -1.96. The SMILES string of the molecule is CCC(=O)OC/C=C/C(=O)OC. The summed E-state index contributed by atoms with van der Waals surface area (Å²) >= 11 is 0. The summed E-state index contributed by atoms with van der Waals surface area (Å²) in [6.45, 7) is 1.81. The third kappa shape index (κ3) is 5.46. The summed E-state index contributed by atoms with van der Waals surface area (Å²) < 4.78 is 8.97. The molecule has 0 aromatic carbocycles. The molecule has 0 saturated carbocycles. The second kappa shape index (κ2) is 6.39. The van der Waals surface area contributed by atoms with E-state index in [1.54, 1.807) is 6.92 Å². The van der Waals surface area contributed by atoms with Crippen LogP contribution in [-0.2, 0) is 19.1 Å². The number of carbonyl (C=O) groups is 2. The zero-order valence-electron chi connectivity index (χ0n) is 7.20. The van der Waals surface area contributed by atoms with Crippen LogP contribution in [0.25, 0.3) is 0 Å². The zero-order valence-corrected chi connectivity index (χ0v) is 7.20. The first-order chi connectivity index (χ1) is 5.70. The first kappa shape index (κ1) is 10.7. The number of methoxy groups -OCH3 is 1. The van der Waals surface area contributed by atoms with Crippen LogP contribution >= 0.6 is 0 Å². The molecule has 68 valence electrons. The van der Waals surface area contributed by atoms with Crippen LogP contribution in [0.1, 0.15) is 13.3 Å². The summed E-state index contributed by atoms with van der Waals surface area (Å²) in [6, 6.07) is 0. The summed E-state index contributed by atoms with van der Waals surface area (Å²) in [5, 5.41) is 0. The second-order valence-corrected chi connectivity index (χ2v) is 1.96. The maximum atomic E-state index is 10.6. The Morgan fingerprint density at radius 2 is 2.08 bits per heavy atom. The molecule has 0 saturated heterocycles. The van der Waals surface area contributed by atoms with E-state index in [0.29, 0.717) is 6.42 Å². The Kier molecular flexibility index (Phi) is 5.69. The molecule has 0 aliphatic rings. The molecule has 0 unspecified atom stereocenters. The van der Waals surface area contributed by atoms with Crippen molar-refractivity contribution in [3.63, 3.8) is 0 Å². The van der Waals surface area contributed by atoms with E-state index in [0.717, 1.165) is 0 Å². The molecule has 0 fully saturated rings. The molecule has 0 heterocycles. The minimum atomic E-state index is -0.456. The molecule has 0 N–H and O–H groups in total. The maximum Gasteiger partial charge on any atom is 0.330 e. The Hall–Kier alpha value is -1.32. The Bertz CT molecular complexity index is 183. The third-order valence-electron chi connectivity index (χ3n) is 1.08. The second-order valence-electron chi connectivity index (χ2n) is 1.96. The summed E-state index contributed by atoms with van der Waals surface area (Å²) in [5.74, 6) is -0.743. The lowest BCUT2D eigenvalue weighted by Crippen LogP contribution is -2.02. The lowest BCUT2D eigenvalue weighted by molar-refractivity contribution is -0.142. The van der Waals surface area contributed by atoms with Crippen LogP contribution in [0.2, 0.25) is 0 Å². The predicted octanol–water partition coefficient (Wildman–Crippen LogP) is 0.669. The molecule has 0 aliphatic heterocycles. The zero-order chi connectivity index (χ0) is 9.40. The van der Waals surface area contributed by atoms with E-state index in [9.17, 15) is 9.59 Å². The Balaban J connectivity index is 3.48. The predicted molar refractivity (Wildman–Crippen MR) is 42.4 cm³/mol. The molecule has 0 spiro atoms. The molecule has 0 aromatic rings. The number of carbonyl (C=O) groups excluding carboxylic acids is 2. The molecule has 0 atom stereocenters. The summed E-state index contributed by atoms with van der Waals surface area (Å²) in [4.78, 5) is 21.0. The fourth-order valence-corrected chi connectivity index (χ4v) is 0.455. The molecule has 12 heavy (non-hydrogen) atoms. The van der Waals surface area contributed by atoms with E-state index in [1.807, 2.05) is 0 Å². The van der Waals surface area contributed by atoms with E-state index >= 15 is 0 Å². The van der Waals surface area contributed by atoms with Crippen molar-refractivity contribution < 1.29 is 19.1 Å². The standard InChI is InChI=1S/C8H12O4/c1-3-7(9)12-6-4-5-8(10)11-2/h4-5H,3,6H2,1-2H3/b5-4+. The molecular formula is C8H12O4. The van der Waals surface area contributed by atoms with Gasteiger partial charge in [0.2, 0.25) is 0 Å². The topological polar surface area (TPSA) is 52.6 Å². The number of hydrogen-bond acceptors (Lipinski definition) is 4. The highest BCUT2D eigenvalue weighted by Gasteiger charge is 1.95. The molecule has 0 aliphatic carbocycles. The van der Waals surface area contributed by atoms with Gasteiger partial charge in [0.05, 0.1) is 7.11 Å². The van der Waals surface area contributed by atoms with E-state index in [-0.39, 0.29) is 12.6 Å². The van der Waals surface area contributed by atoms with Crippen LogP contribution < -0.4 is 0 Å².